The number of benzene rings is 2. The third kappa shape index (κ3) is 3.68. The third-order valence-electron chi connectivity index (χ3n) is 4.59. The molecule has 0 atom stereocenters. The van der Waals surface area contributed by atoms with Gasteiger partial charge < -0.3 is 19.4 Å². The first-order chi connectivity index (χ1) is 13.8. The number of fused-ring (bicyclic) bond motifs is 2. The monoisotopic (exact) mass is 375 g/mol. The maximum atomic E-state index is 12.4. The molecule has 0 saturated heterocycles. The highest BCUT2D eigenvalue weighted by Crippen LogP contribution is 2.27. The molecule has 0 saturated carbocycles. The van der Waals surface area contributed by atoms with E-state index in [9.17, 15) is 4.79 Å². The molecule has 4 aromatic rings. The Hall–Kier alpha value is -3.38. The topological polar surface area (TPSA) is 65.4 Å². The lowest BCUT2D eigenvalue weighted by Gasteiger charge is -2.11. The molecule has 0 bridgehead atoms. The Bertz CT molecular complexity index is 1120. The molecule has 2 aromatic heterocycles. The molecule has 2 aromatic carbocycles. The maximum Gasteiger partial charge on any atom is 0.262 e. The molecule has 1 amide bonds. The summed E-state index contributed by atoms with van der Waals surface area (Å²) in [6, 6.07) is 17.2. The predicted molar refractivity (Wildman–Crippen MR) is 110 cm³/mol. The van der Waals surface area contributed by atoms with Crippen molar-refractivity contribution in [1.82, 2.24) is 9.55 Å². The lowest BCUT2D eigenvalue weighted by Crippen LogP contribution is -2.20. The van der Waals surface area contributed by atoms with Crippen LogP contribution in [0.1, 0.15) is 0 Å². The molecule has 0 aliphatic heterocycles. The summed E-state index contributed by atoms with van der Waals surface area (Å²) in [6.07, 6.45) is 3.73. The minimum atomic E-state index is -0.216. The first-order valence-corrected chi connectivity index (χ1v) is 9.09. The van der Waals surface area contributed by atoms with Gasteiger partial charge in [-0.05, 0) is 42.5 Å². The van der Waals surface area contributed by atoms with Gasteiger partial charge in [0, 0.05) is 36.8 Å². The second-order valence-electron chi connectivity index (χ2n) is 6.40. The Morgan fingerprint density at radius 1 is 1.07 bits per heavy atom. The van der Waals surface area contributed by atoms with Crippen molar-refractivity contribution in [3.63, 3.8) is 0 Å². The van der Waals surface area contributed by atoms with Gasteiger partial charge in [0.1, 0.15) is 5.75 Å². The summed E-state index contributed by atoms with van der Waals surface area (Å²) in [7, 11) is 1.69. The van der Waals surface area contributed by atoms with Gasteiger partial charge in [-0.2, -0.15) is 0 Å². The largest absolute Gasteiger partial charge is 0.483 e. The normalized spacial score (nSPS) is 11.0. The van der Waals surface area contributed by atoms with Crippen LogP contribution in [0.4, 0.5) is 5.69 Å². The molecule has 0 unspecified atom stereocenters. The highest BCUT2D eigenvalue weighted by atomic mass is 16.5. The lowest BCUT2D eigenvalue weighted by molar-refractivity contribution is -0.118. The van der Waals surface area contributed by atoms with E-state index in [1.54, 1.807) is 13.3 Å². The molecule has 142 valence electrons. The van der Waals surface area contributed by atoms with Gasteiger partial charge in [0.25, 0.3) is 5.91 Å². The standard InChI is InChI=1S/C22H21N3O3/c1-27-14-13-25-12-10-17-20(25)8-3-9-21(17)28-15-22(26)24-19-7-2-6-18-16(19)5-4-11-23-18/h2-12H,13-15H2,1H3,(H,24,26). The zero-order valence-electron chi connectivity index (χ0n) is 15.6. The Balaban J connectivity index is 1.47. The van der Waals surface area contributed by atoms with E-state index in [4.69, 9.17) is 9.47 Å². The Morgan fingerprint density at radius 3 is 2.86 bits per heavy atom. The number of methoxy groups -OCH3 is 1. The first kappa shape index (κ1) is 18.0. The molecular weight excluding hydrogens is 354 g/mol. The average Bonchev–Trinajstić information content (AvgIpc) is 3.14. The third-order valence-corrected chi connectivity index (χ3v) is 4.59. The summed E-state index contributed by atoms with van der Waals surface area (Å²) in [5.74, 6) is 0.468. The zero-order chi connectivity index (χ0) is 19.3. The second kappa shape index (κ2) is 8.10. The Labute approximate surface area is 162 Å². The van der Waals surface area contributed by atoms with Gasteiger partial charge in [-0.15, -0.1) is 0 Å². The molecular formula is C22H21N3O3. The van der Waals surface area contributed by atoms with Crippen molar-refractivity contribution >= 4 is 33.4 Å². The average molecular weight is 375 g/mol. The second-order valence-corrected chi connectivity index (χ2v) is 6.40. The van der Waals surface area contributed by atoms with E-state index in [-0.39, 0.29) is 12.5 Å². The SMILES string of the molecule is COCCn1ccc2c(OCC(=O)Nc3cccc4ncccc34)cccc21. The molecule has 4 rings (SSSR count). The van der Waals surface area contributed by atoms with E-state index in [1.165, 1.54) is 0 Å². The molecule has 0 spiro atoms. The molecule has 0 radical (unpaired) electrons. The van der Waals surface area contributed by atoms with Crippen LogP contribution in [0.3, 0.4) is 0 Å². The molecule has 2 heterocycles. The molecule has 6 heteroatoms. The van der Waals surface area contributed by atoms with Crippen LogP contribution in [0.2, 0.25) is 0 Å². The van der Waals surface area contributed by atoms with Crippen molar-refractivity contribution < 1.29 is 14.3 Å². The number of hydrogen-bond donors (Lipinski definition) is 1. The highest BCUT2D eigenvalue weighted by Gasteiger charge is 2.10. The fraction of sp³-hybridized carbons (Fsp3) is 0.182. The van der Waals surface area contributed by atoms with Gasteiger partial charge in [-0.25, -0.2) is 0 Å². The number of rotatable bonds is 7. The molecule has 28 heavy (non-hydrogen) atoms. The summed E-state index contributed by atoms with van der Waals surface area (Å²) in [5.41, 5.74) is 2.61. The number of carbonyl (C=O) groups excluding carboxylic acids is 1. The van der Waals surface area contributed by atoms with Gasteiger partial charge in [-0.3, -0.25) is 9.78 Å². The number of nitrogens with one attached hydrogen (secondary N) is 1. The Kier molecular flexibility index (Phi) is 5.21. The number of carbonyl (C=O) groups is 1. The van der Waals surface area contributed by atoms with E-state index in [0.717, 1.165) is 34.0 Å². The van der Waals surface area contributed by atoms with Crippen LogP contribution in [-0.2, 0) is 16.1 Å². The van der Waals surface area contributed by atoms with Crippen LogP contribution in [-0.4, -0.2) is 35.8 Å². The van der Waals surface area contributed by atoms with Crippen molar-refractivity contribution in [3.05, 3.63) is 67.0 Å². The van der Waals surface area contributed by atoms with E-state index in [0.29, 0.717) is 12.4 Å². The molecule has 0 aliphatic carbocycles. The highest BCUT2D eigenvalue weighted by molar-refractivity contribution is 6.01. The summed E-state index contributed by atoms with van der Waals surface area (Å²) in [5, 5.41) is 4.78. The fourth-order valence-corrected chi connectivity index (χ4v) is 3.25. The number of anilines is 1. The number of amides is 1. The first-order valence-electron chi connectivity index (χ1n) is 9.09. The van der Waals surface area contributed by atoms with Crippen molar-refractivity contribution in [2.75, 3.05) is 25.6 Å². The van der Waals surface area contributed by atoms with Gasteiger partial charge >= 0.3 is 0 Å². The minimum Gasteiger partial charge on any atom is -0.483 e. The van der Waals surface area contributed by atoms with E-state index in [1.807, 2.05) is 60.8 Å². The van der Waals surface area contributed by atoms with E-state index >= 15 is 0 Å². The van der Waals surface area contributed by atoms with Crippen LogP contribution in [0.5, 0.6) is 5.75 Å². The quantitative estimate of drug-likeness (QED) is 0.533. The van der Waals surface area contributed by atoms with Crippen LogP contribution in [0, 0.1) is 0 Å². The molecule has 6 nitrogen and oxygen atoms in total. The molecule has 0 aliphatic rings. The maximum absolute atomic E-state index is 12.4. The predicted octanol–water partition coefficient (Wildman–Crippen LogP) is 3.85. The van der Waals surface area contributed by atoms with E-state index in [2.05, 4.69) is 14.9 Å². The number of ether oxygens (including phenoxy) is 2. The molecule has 0 fully saturated rings. The number of hydrogen-bond acceptors (Lipinski definition) is 4. The van der Waals surface area contributed by atoms with E-state index < -0.39 is 0 Å². The minimum absolute atomic E-state index is 0.0704. The smallest absolute Gasteiger partial charge is 0.262 e. The van der Waals surface area contributed by atoms with Gasteiger partial charge in [0.05, 0.1) is 23.3 Å². The van der Waals surface area contributed by atoms with Crippen molar-refractivity contribution in [1.29, 1.82) is 0 Å². The van der Waals surface area contributed by atoms with Crippen LogP contribution in [0.15, 0.2) is 67.0 Å². The van der Waals surface area contributed by atoms with Crippen molar-refractivity contribution in [2.45, 2.75) is 6.54 Å². The summed E-state index contributed by atoms with van der Waals surface area (Å²) >= 11 is 0. The van der Waals surface area contributed by atoms with Crippen molar-refractivity contribution in [2.24, 2.45) is 0 Å². The number of pyridine rings is 1. The van der Waals surface area contributed by atoms with Gasteiger partial charge in [-0.1, -0.05) is 12.1 Å². The number of aromatic nitrogens is 2. The van der Waals surface area contributed by atoms with Crippen molar-refractivity contribution in [3.8, 4) is 5.75 Å². The zero-order valence-corrected chi connectivity index (χ0v) is 15.6. The fourth-order valence-electron chi connectivity index (χ4n) is 3.25. The van der Waals surface area contributed by atoms with Crippen LogP contribution in [0.25, 0.3) is 21.8 Å². The van der Waals surface area contributed by atoms with Crippen LogP contribution < -0.4 is 10.1 Å². The summed E-state index contributed by atoms with van der Waals surface area (Å²) < 4.78 is 13.1. The van der Waals surface area contributed by atoms with Crippen LogP contribution >= 0.6 is 0 Å². The number of nitrogens with zero attached hydrogens (tertiary/aromatic N) is 2. The lowest BCUT2D eigenvalue weighted by atomic mass is 10.2. The summed E-state index contributed by atoms with van der Waals surface area (Å²) in [6.45, 7) is 1.33. The van der Waals surface area contributed by atoms with Gasteiger partial charge in [0.2, 0.25) is 0 Å². The molecule has 1 N–H and O–H groups in total. The Morgan fingerprint density at radius 2 is 1.96 bits per heavy atom. The van der Waals surface area contributed by atoms with Gasteiger partial charge in [0.15, 0.2) is 6.61 Å². The summed E-state index contributed by atoms with van der Waals surface area (Å²) in [4.78, 5) is 16.7.